The van der Waals surface area contributed by atoms with Crippen molar-refractivity contribution >= 4 is 17.8 Å². The Morgan fingerprint density at radius 3 is 2.42 bits per heavy atom. The van der Waals surface area contributed by atoms with Gasteiger partial charge in [0.2, 0.25) is 0 Å². The minimum atomic E-state index is -0.427. The van der Waals surface area contributed by atoms with Crippen LogP contribution in [0, 0.1) is 5.92 Å². The summed E-state index contributed by atoms with van der Waals surface area (Å²) in [5.41, 5.74) is 1.71. The van der Waals surface area contributed by atoms with E-state index < -0.39 is 5.97 Å². The van der Waals surface area contributed by atoms with Crippen LogP contribution in [0.3, 0.4) is 0 Å². The lowest BCUT2D eigenvalue weighted by Crippen LogP contribution is -2.43. The molecular formula is C26H32N2O5. The predicted molar refractivity (Wildman–Crippen MR) is 125 cm³/mol. The molecule has 1 N–H and O–H groups in total. The van der Waals surface area contributed by atoms with Crippen LogP contribution in [0.4, 0.5) is 0 Å². The van der Waals surface area contributed by atoms with Crippen LogP contribution >= 0.6 is 0 Å². The van der Waals surface area contributed by atoms with Crippen LogP contribution in [0.5, 0.6) is 11.5 Å². The summed E-state index contributed by atoms with van der Waals surface area (Å²) in [6.45, 7) is 5.35. The smallest absolute Gasteiger partial charge is 0.308 e. The fourth-order valence-corrected chi connectivity index (χ4v) is 3.87. The van der Waals surface area contributed by atoms with Crippen molar-refractivity contribution in [3.8, 4) is 11.5 Å². The molecule has 0 saturated carbocycles. The summed E-state index contributed by atoms with van der Waals surface area (Å²) < 4.78 is 10.7. The first kappa shape index (κ1) is 24.3. The van der Waals surface area contributed by atoms with Gasteiger partial charge in [-0.25, -0.2) is 0 Å². The van der Waals surface area contributed by atoms with Crippen LogP contribution < -0.4 is 14.8 Å². The van der Waals surface area contributed by atoms with E-state index in [1.807, 2.05) is 29.2 Å². The molecule has 0 radical (unpaired) electrons. The number of amides is 2. The first-order valence-corrected chi connectivity index (χ1v) is 11.5. The Labute approximate surface area is 195 Å². The molecule has 1 saturated heterocycles. The van der Waals surface area contributed by atoms with Crippen LogP contribution in [0.1, 0.15) is 49.0 Å². The van der Waals surface area contributed by atoms with Gasteiger partial charge in [0.1, 0.15) is 11.5 Å². The molecule has 0 unspecified atom stereocenters. The first-order valence-electron chi connectivity index (χ1n) is 11.5. The summed E-state index contributed by atoms with van der Waals surface area (Å²) in [5, 5.41) is 2.95. The van der Waals surface area contributed by atoms with E-state index in [9.17, 15) is 14.4 Å². The van der Waals surface area contributed by atoms with Crippen LogP contribution in [-0.2, 0) is 16.0 Å². The summed E-state index contributed by atoms with van der Waals surface area (Å²) in [6.07, 6.45) is 3.79. The molecule has 1 fully saturated rings. The molecule has 1 heterocycles. The Bertz CT molecular complexity index is 949. The minimum absolute atomic E-state index is 0.0163. The molecular weight excluding hydrogens is 420 g/mol. The molecule has 2 aromatic rings. The molecule has 7 nitrogen and oxygen atoms in total. The fourth-order valence-electron chi connectivity index (χ4n) is 3.87. The highest BCUT2D eigenvalue weighted by molar-refractivity contribution is 5.94. The average Bonchev–Trinajstić information content (AvgIpc) is 2.82. The lowest BCUT2D eigenvalue weighted by molar-refractivity contribution is -0.135. The average molecular weight is 453 g/mol. The number of aryl methyl sites for hydroxylation is 1. The highest BCUT2D eigenvalue weighted by atomic mass is 16.5. The minimum Gasteiger partial charge on any atom is -0.484 e. The topological polar surface area (TPSA) is 84.9 Å². The number of carbonyl (C=O) groups excluding carboxylic acids is 3. The largest absolute Gasteiger partial charge is 0.484 e. The predicted octanol–water partition coefficient (Wildman–Crippen LogP) is 3.61. The first-order chi connectivity index (χ1) is 15.9. The number of rotatable bonds is 9. The number of nitrogens with zero attached hydrogens (tertiary/aromatic N) is 1. The van der Waals surface area contributed by atoms with Crippen molar-refractivity contribution in [1.29, 1.82) is 0 Å². The Morgan fingerprint density at radius 2 is 1.76 bits per heavy atom. The second-order valence-corrected chi connectivity index (χ2v) is 8.34. The van der Waals surface area contributed by atoms with E-state index in [1.165, 1.54) is 12.5 Å². The highest BCUT2D eigenvalue weighted by Crippen LogP contribution is 2.19. The van der Waals surface area contributed by atoms with Gasteiger partial charge in [-0.15, -0.1) is 0 Å². The third-order valence-corrected chi connectivity index (χ3v) is 5.70. The summed E-state index contributed by atoms with van der Waals surface area (Å²) in [7, 11) is 0. The van der Waals surface area contributed by atoms with Crippen molar-refractivity contribution in [2.24, 2.45) is 5.92 Å². The molecule has 33 heavy (non-hydrogen) atoms. The van der Waals surface area contributed by atoms with Crippen LogP contribution in [-0.4, -0.2) is 48.9 Å². The molecule has 1 aliphatic rings. The monoisotopic (exact) mass is 452 g/mol. The van der Waals surface area contributed by atoms with Gasteiger partial charge in [0, 0.05) is 32.1 Å². The van der Waals surface area contributed by atoms with Crippen LogP contribution in [0.25, 0.3) is 0 Å². The molecule has 2 aromatic carbocycles. The maximum absolute atomic E-state index is 12.5. The molecule has 0 aromatic heterocycles. The Kier molecular flexibility index (Phi) is 8.87. The zero-order valence-corrected chi connectivity index (χ0v) is 19.3. The fraction of sp³-hybridized carbons (Fsp3) is 0.423. The number of nitrogens with one attached hydrogen (secondary N) is 1. The Morgan fingerprint density at radius 1 is 1.03 bits per heavy atom. The van der Waals surface area contributed by atoms with Crippen molar-refractivity contribution in [2.45, 2.75) is 39.5 Å². The van der Waals surface area contributed by atoms with E-state index in [0.29, 0.717) is 42.6 Å². The lowest BCUT2D eigenvalue weighted by atomic mass is 9.96. The zero-order chi connectivity index (χ0) is 23.6. The van der Waals surface area contributed by atoms with Crippen molar-refractivity contribution < 1.29 is 23.9 Å². The standard InChI is InChI=1S/C26H32N2O5/c1-3-5-20-8-10-23(11-9-20)32-18-25(30)28-14-12-21(13-15-28)17-27-26(31)22-6-4-7-24(16-22)33-19(2)29/h4,6-11,16,21H,3,5,12-15,17-18H2,1-2H3,(H,27,31). The summed E-state index contributed by atoms with van der Waals surface area (Å²) in [5.74, 6) is 0.712. The Balaban J connectivity index is 1.38. The van der Waals surface area contributed by atoms with Gasteiger partial charge in [-0.05, 0) is 61.1 Å². The number of piperidine rings is 1. The van der Waals surface area contributed by atoms with Gasteiger partial charge in [-0.3, -0.25) is 14.4 Å². The van der Waals surface area contributed by atoms with E-state index in [2.05, 4.69) is 12.2 Å². The second kappa shape index (κ2) is 12.0. The number of ether oxygens (including phenoxy) is 2. The third kappa shape index (κ3) is 7.63. The van der Waals surface area contributed by atoms with Crippen molar-refractivity contribution in [3.05, 3.63) is 59.7 Å². The zero-order valence-electron chi connectivity index (χ0n) is 19.3. The molecule has 0 atom stereocenters. The summed E-state index contributed by atoms with van der Waals surface area (Å²) in [6, 6.07) is 14.4. The van der Waals surface area contributed by atoms with Crippen LogP contribution in [0.15, 0.2) is 48.5 Å². The van der Waals surface area contributed by atoms with Crippen LogP contribution in [0.2, 0.25) is 0 Å². The number of benzene rings is 2. The third-order valence-electron chi connectivity index (χ3n) is 5.70. The van der Waals surface area contributed by atoms with Gasteiger partial charge in [0.05, 0.1) is 0 Å². The maximum atomic E-state index is 12.5. The van der Waals surface area contributed by atoms with Crippen molar-refractivity contribution in [3.63, 3.8) is 0 Å². The van der Waals surface area contributed by atoms with Gasteiger partial charge < -0.3 is 19.7 Å². The summed E-state index contributed by atoms with van der Waals surface area (Å²) >= 11 is 0. The SMILES string of the molecule is CCCc1ccc(OCC(=O)N2CCC(CNC(=O)c3cccc(OC(C)=O)c3)CC2)cc1. The highest BCUT2D eigenvalue weighted by Gasteiger charge is 2.23. The normalized spacial score (nSPS) is 13.9. The molecule has 0 aliphatic carbocycles. The van der Waals surface area contributed by atoms with E-state index in [4.69, 9.17) is 9.47 Å². The summed E-state index contributed by atoms with van der Waals surface area (Å²) in [4.78, 5) is 37.9. The molecule has 0 spiro atoms. The van der Waals surface area contributed by atoms with Gasteiger partial charge in [0.25, 0.3) is 11.8 Å². The van der Waals surface area contributed by atoms with Gasteiger partial charge in [-0.2, -0.15) is 0 Å². The molecule has 176 valence electrons. The quantitative estimate of drug-likeness (QED) is 0.464. The molecule has 3 rings (SSSR count). The maximum Gasteiger partial charge on any atom is 0.308 e. The Hall–Kier alpha value is -3.35. The lowest BCUT2D eigenvalue weighted by Gasteiger charge is -2.32. The number of likely N-dealkylation sites (tertiary alicyclic amines) is 1. The molecule has 0 bridgehead atoms. The molecule has 1 aliphatic heterocycles. The molecule has 2 amide bonds. The van der Waals surface area contributed by atoms with Gasteiger partial charge >= 0.3 is 5.97 Å². The number of hydrogen-bond donors (Lipinski definition) is 1. The second-order valence-electron chi connectivity index (χ2n) is 8.34. The number of esters is 1. The van der Waals surface area contributed by atoms with Gasteiger partial charge in [-0.1, -0.05) is 31.5 Å². The van der Waals surface area contributed by atoms with E-state index >= 15 is 0 Å². The molecule has 7 heteroatoms. The van der Waals surface area contributed by atoms with E-state index in [1.54, 1.807) is 24.3 Å². The number of carbonyl (C=O) groups is 3. The van der Waals surface area contributed by atoms with Crippen molar-refractivity contribution in [2.75, 3.05) is 26.2 Å². The van der Waals surface area contributed by atoms with E-state index in [0.717, 1.165) is 25.7 Å². The van der Waals surface area contributed by atoms with Crippen molar-refractivity contribution in [1.82, 2.24) is 10.2 Å². The van der Waals surface area contributed by atoms with E-state index in [-0.39, 0.29) is 18.4 Å². The van der Waals surface area contributed by atoms with Gasteiger partial charge in [0.15, 0.2) is 6.61 Å². The number of hydrogen-bond acceptors (Lipinski definition) is 5.